The topological polar surface area (TPSA) is 29.5 Å². The van der Waals surface area contributed by atoms with Gasteiger partial charge in [0.25, 0.3) is 0 Å². The van der Waals surface area contributed by atoms with Gasteiger partial charge < -0.3 is 9.64 Å². The number of benzene rings is 1. The number of likely N-dealkylation sites (tertiary alicyclic amines) is 1. The minimum atomic E-state index is 0.181. The SMILES string of the molecule is COc1ccc(Br)cc1[C@@H]1CCCN1C(=O)C1CC1. The van der Waals surface area contributed by atoms with Gasteiger partial charge in [-0.25, -0.2) is 0 Å². The van der Waals surface area contributed by atoms with Gasteiger partial charge in [0.2, 0.25) is 5.91 Å². The maximum Gasteiger partial charge on any atom is 0.226 e. The van der Waals surface area contributed by atoms with Crippen LogP contribution in [0.3, 0.4) is 0 Å². The molecule has 0 unspecified atom stereocenters. The normalized spacial score (nSPS) is 22.6. The highest BCUT2D eigenvalue weighted by molar-refractivity contribution is 9.10. The molecule has 19 heavy (non-hydrogen) atoms. The van der Waals surface area contributed by atoms with Crippen LogP contribution in [0.4, 0.5) is 0 Å². The number of methoxy groups -OCH3 is 1. The van der Waals surface area contributed by atoms with Crippen molar-refractivity contribution in [1.29, 1.82) is 0 Å². The quantitative estimate of drug-likeness (QED) is 0.851. The monoisotopic (exact) mass is 323 g/mol. The van der Waals surface area contributed by atoms with Crippen molar-refractivity contribution >= 4 is 21.8 Å². The van der Waals surface area contributed by atoms with Crippen LogP contribution in [0.25, 0.3) is 0 Å². The third-order valence-electron chi connectivity index (χ3n) is 4.01. The Labute approximate surface area is 122 Å². The number of hydrogen-bond donors (Lipinski definition) is 0. The second-order valence-electron chi connectivity index (χ2n) is 5.35. The van der Waals surface area contributed by atoms with Crippen LogP contribution in [0.1, 0.15) is 37.3 Å². The van der Waals surface area contributed by atoms with E-state index in [4.69, 9.17) is 4.74 Å². The minimum Gasteiger partial charge on any atom is -0.496 e. The Hall–Kier alpha value is -1.03. The number of halogens is 1. The zero-order chi connectivity index (χ0) is 13.4. The summed E-state index contributed by atoms with van der Waals surface area (Å²) in [5.41, 5.74) is 1.13. The Bertz CT molecular complexity index is 499. The Morgan fingerprint density at radius 3 is 2.84 bits per heavy atom. The Balaban J connectivity index is 1.91. The Morgan fingerprint density at radius 1 is 1.37 bits per heavy atom. The number of hydrogen-bond acceptors (Lipinski definition) is 2. The number of amides is 1. The molecule has 1 aliphatic heterocycles. The summed E-state index contributed by atoms with van der Waals surface area (Å²) in [7, 11) is 1.69. The van der Waals surface area contributed by atoms with Crippen LogP contribution in [0.2, 0.25) is 0 Å². The lowest BCUT2D eigenvalue weighted by molar-refractivity contribution is -0.133. The van der Waals surface area contributed by atoms with E-state index in [0.717, 1.165) is 48.0 Å². The molecule has 0 bridgehead atoms. The second kappa shape index (κ2) is 5.16. The van der Waals surface area contributed by atoms with Crippen LogP contribution in [0.5, 0.6) is 5.75 Å². The summed E-state index contributed by atoms with van der Waals surface area (Å²) < 4.78 is 6.49. The minimum absolute atomic E-state index is 0.181. The molecular formula is C15H18BrNO2. The van der Waals surface area contributed by atoms with Crippen molar-refractivity contribution in [2.45, 2.75) is 31.7 Å². The van der Waals surface area contributed by atoms with Crippen LogP contribution in [0.15, 0.2) is 22.7 Å². The molecule has 0 N–H and O–H groups in total. The van der Waals surface area contributed by atoms with Gasteiger partial charge in [-0.15, -0.1) is 0 Å². The molecule has 3 rings (SSSR count). The van der Waals surface area contributed by atoms with E-state index in [1.807, 2.05) is 12.1 Å². The molecule has 2 fully saturated rings. The summed E-state index contributed by atoms with van der Waals surface area (Å²) in [5.74, 6) is 1.51. The molecule has 4 heteroatoms. The van der Waals surface area contributed by atoms with Crippen LogP contribution < -0.4 is 4.74 Å². The lowest BCUT2D eigenvalue weighted by atomic mass is 10.0. The highest BCUT2D eigenvalue weighted by Crippen LogP contribution is 2.41. The van der Waals surface area contributed by atoms with Gasteiger partial charge in [0, 0.05) is 22.5 Å². The van der Waals surface area contributed by atoms with E-state index in [9.17, 15) is 4.79 Å². The molecule has 102 valence electrons. The summed E-state index contributed by atoms with van der Waals surface area (Å²) in [6.45, 7) is 0.885. The number of nitrogens with zero attached hydrogens (tertiary/aromatic N) is 1. The summed E-state index contributed by atoms with van der Waals surface area (Å²) in [4.78, 5) is 14.4. The van der Waals surface area contributed by atoms with Gasteiger partial charge in [-0.1, -0.05) is 15.9 Å². The van der Waals surface area contributed by atoms with Crippen LogP contribution >= 0.6 is 15.9 Å². The Morgan fingerprint density at radius 2 is 2.16 bits per heavy atom. The van der Waals surface area contributed by atoms with Gasteiger partial charge in [-0.05, 0) is 43.9 Å². The molecular weight excluding hydrogens is 306 g/mol. The average molecular weight is 324 g/mol. The van der Waals surface area contributed by atoms with Gasteiger partial charge in [0.1, 0.15) is 5.75 Å². The van der Waals surface area contributed by atoms with Crippen molar-refractivity contribution in [2.75, 3.05) is 13.7 Å². The van der Waals surface area contributed by atoms with Crippen LogP contribution in [-0.4, -0.2) is 24.5 Å². The van der Waals surface area contributed by atoms with Gasteiger partial charge >= 0.3 is 0 Å². The van der Waals surface area contributed by atoms with E-state index in [0.29, 0.717) is 11.8 Å². The zero-order valence-corrected chi connectivity index (χ0v) is 12.6. The first-order chi connectivity index (χ1) is 9.20. The fourth-order valence-corrected chi connectivity index (χ4v) is 3.26. The number of ether oxygens (including phenoxy) is 1. The van der Waals surface area contributed by atoms with E-state index in [2.05, 4.69) is 26.9 Å². The van der Waals surface area contributed by atoms with Crippen molar-refractivity contribution in [1.82, 2.24) is 4.90 Å². The van der Waals surface area contributed by atoms with Gasteiger partial charge in [-0.2, -0.15) is 0 Å². The first-order valence-electron chi connectivity index (χ1n) is 6.84. The first-order valence-corrected chi connectivity index (χ1v) is 7.64. The van der Waals surface area contributed by atoms with Gasteiger partial charge in [0.15, 0.2) is 0 Å². The molecule has 0 aromatic heterocycles. The molecule has 1 aromatic rings. The van der Waals surface area contributed by atoms with Crippen LogP contribution in [0, 0.1) is 5.92 Å². The second-order valence-corrected chi connectivity index (χ2v) is 6.27. The third-order valence-corrected chi connectivity index (χ3v) is 4.51. The van der Waals surface area contributed by atoms with Crippen molar-refractivity contribution < 1.29 is 9.53 Å². The lowest BCUT2D eigenvalue weighted by Gasteiger charge is -2.26. The number of rotatable bonds is 3. The highest BCUT2D eigenvalue weighted by Gasteiger charge is 2.39. The third kappa shape index (κ3) is 2.50. The lowest BCUT2D eigenvalue weighted by Crippen LogP contribution is -2.31. The van der Waals surface area contributed by atoms with Crippen LogP contribution in [-0.2, 0) is 4.79 Å². The smallest absolute Gasteiger partial charge is 0.226 e. The molecule has 1 saturated carbocycles. The molecule has 1 atom stereocenters. The van der Waals surface area contributed by atoms with Crippen molar-refractivity contribution in [2.24, 2.45) is 5.92 Å². The molecule has 3 nitrogen and oxygen atoms in total. The molecule has 2 aliphatic rings. The standard InChI is InChI=1S/C15H18BrNO2/c1-19-14-7-6-11(16)9-12(14)13-3-2-8-17(13)15(18)10-4-5-10/h6-7,9-10,13H,2-5,8H2,1H3/t13-/m0/s1. The number of carbonyl (C=O) groups excluding carboxylic acids is 1. The summed E-state index contributed by atoms with van der Waals surface area (Å²) in [5, 5.41) is 0. The summed E-state index contributed by atoms with van der Waals surface area (Å²) in [6, 6.07) is 6.21. The van der Waals surface area contributed by atoms with Gasteiger partial charge in [-0.3, -0.25) is 4.79 Å². The molecule has 1 heterocycles. The maximum atomic E-state index is 12.3. The molecule has 1 aromatic carbocycles. The fourth-order valence-electron chi connectivity index (χ4n) is 2.88. The summed E-state index contributed by atoms with van der Waals surface area (Å²) in [6.07, 6.45) is 4.25. The molecule has 1 amide bonds. The largest absolute Gasteiger partial charge is 0.496 e. The van der Waals surface area contributed by atoms with Gasteiger partial charge in [0.05, 0.1) is 13.2 Å². The molecule has 1 aliphatic carbocycles. The zero-order valence-electron chi connectivity index (χ0n) is 11.1. The van der Waals surface area contributed by atoms with E-state index in [-0.39, 0.29) is 6.04 Å². The van der Waals surface area contributed by atoms with E-state index in [1.165, 1.54) is 0 Å². The van der Waals surface area contributed by atoms with E-state index >= 15 is 0 Å². The number of carbonyl (C=O) groups is 1. The van der Waals surface area contributed by atoms with Crippen molar-refractivity contribution in [3.63, 3.8) is 0 Å². The average Bonchev–Trinajstić information content (AvgIpc) is 3.15. The predicted octanol–water partition coefficient (Wildman–Crippen LogP) is 3.53. The molecule has 0 spiro atoms. The Kier molecular flexibility index (Phi) is 3.52. The van der Waals surface area contributed by atoms with Crippen molar-refractivity contribution in [3.05, 3.63) is 28.2 Å². The van der Waals surface area contributed by atoms with E-state index < -0.39 is 0 Å². The summed E-state index contributed by atoms with van der Waals surface area (Å²) >= 11 is 3.51. The fraction of sp³-hybridized carbons (Fsp3) is 0.533. The highest BCUT2D eigenvalue weighted by atomic mass is 79.9. The van der Waals surface area contributed by atoms with Crippen molar-refractivity contribution in [3.8, 4) is 5.75 Å². The molecule has 1 saturated heterocycles. The van der Waals surface area contributed by atoms with E-state index in [1.54, 1.807) is 7.11 Å². The maximum absolute atomic E-state index is 12.3. The predicted molar refractivity (Wildman–Crippen MR) is 77.1 cm³/mol. The first kappa shape index (κ1) is 13.0. The molecule has 0 radical (unpaired) electrons.